The average Bonchev–Trinajstić information content (AvgIpc) is 2.94. The SMILES string of the molecule is CC(C)c1cc2c(NCCN3CCOCC3)nccn2n1. The van der Waals surface area contributed by atoms with Crippen LogP contribution in [-0.2, 0) is 4.74 Å². The molecule has 3 heterocycles. The summed E-state index contributed by atoms with van der Waals surface area (Å²) in [6, 6.07) is 2.12. The van der Waals surface area contributed by atoms with Crippen molar-refractivity contribution >= 4 is 11.3 Å². The lowest BCUT2D eigenvalue weighted by molar-refractivity contribution is 0.0398. The highest BCUT2D eigenvalue weighted by molar-refractivity contribution is 5.67. The van der Waals surface area contributed by atoms with E-state index >= 15 is 0 Å². The van der Waals surface area contributed by atoms with Crippen LogP contribution in [0.15, 0.2) is 18.5 Å². The molecule has 6 nitrogen and oxygen atoms in total. The second kappa shape index (κ2) is 6.41. The van der Waals surface area contributed by atoms with Gasteiger partial charge < -0.3 is 10.1 Å². The van der Waals surface area contributed by atoms with Gasteiger partial charge in [-0.25, -0.2) is 9.50 Å². The first-order chi connectivity index (χ1) is 10.2. The smallest absolute Gasteiger partial charge is 0.152 e. The molecule has 0 unspecified atom stereocenters. The zero-order chi connectivity index (χ0) is 14.7. The normalized spacial score (nSPS) is 16.7. The van der Waals surface area contributed by atoms with Crippen molar-refractivity contribution in [2.75, 3.05) is 44.7 Å². The molecule has 0 saturated carbocycles. The zero-order valence-corrected chi connectivity index (χ0v) is 12.7. The maximum absolute atomic E-state index is 5.36. The molecule has 3 rings (SSSR count). The molecule has 0 bridgehead atoms. The molecule has 2 aromatic heterocycles. The summed E-state index contributed by atoms with van der Waals surface area (Å²) < 4.78 is 7.26. The number of ether oxygens (including phenoxy) is 1. The minimum Gasteiger partial charge on any atom is -0.379 e. The Morgan fingerprint density at radius 1 is 1.33 bits per heavy atom. The lowest BCUT2D eigenvalue weighted by atomic mass is 10.1. The Labute approximate surface area is 125 Å². The van der Waals surface area contributed by atoms with Gasteiger partial charge in [-0.15, -0.1) is 0 Å². The molecule has 1 fully saturated rings. The number of morpholine rings is 1. The van der Waals surface area contributed by atoms with E-state index < -0.39 is 0 Å². The molecule has 1 saturated heterocycles. The predicted molar refractivity (Wildman–Crippen MR) is 82.8 cm³/mol. The van der Waals surface area contributed by atoms with Crippen LogP contribution in [0.1, 0.15) is 25.5 Å². The number of anilines is 1. The van der Waals surface area contributed by atoms with E-state index in [4.69, 9.17) is 4.74 Å². The fraction of sp³-hybridized carbons (Fsp3) is 0.600. The van der Waals surface area contributed by atoms with E-state index in [1.165, 1.54) is 0 Å². The van der Waals surface area contributed by atoms with Crippen LogP contribution >= 0.6 is 0 Å². The van der Waals surface area contributed by atoms with E-state index in [-0.39, 0.29) is 0 Å². The summed E-state index contributed by atoms with van der Waals surface area (Å²) in [6.07, 6.45) is 3.69. The number of nitrogens with zero attached hydrogens (tertiary/aromatic N) is 4. The largest absolute Gasteiger partial charge is 0.379 e. The van der Waals surface area contributed by atoms with Crippen molar-refractivity contribution < 1.29 is 4.74 Å². The van der Waals surface area contributed by atoms with Gasteiger partial charge in [0.1, 0.15) is 5.52 Å². The number of aromatic nitrogens is 3. The van der Waals surface area contributed by atoms with Crippen LogP contribution in [0.4, 0.5) is 5.82 Å². The van der Waals surface area contributed by atoms with Crippen LogP contribution < -0.4 is 5.32 Å². The number of hydrogen-bond donors (Lipinski definition) is 1. The first-order valence-corrected chi connectivity index (χ1v) is 7.62. The van der Waals surface area contributed by atoms with Crippen LogP contribution in [0.25, 0.3) is 5.52 Å². The van der Waals surface area contributed by atoms with E-state index in [1.807, 2.05) is 10.7 Å². The molecule has 1 aliphatic rings. The summed E-state index contributed by atoms with van der Waals surface area (Å²) >= 11 is 0. The Balaban J connectivity index is 1.65. The Morgan fingerprint density at radius 2 is 2.14 bits per heavy atom. The van der Waals surface area contributed by atoms with Gasteiger partial charge in [0.2, 0.25) is 0 Å². The van der Waals surface area contributed by atoms with Crippen LogP contribution in [0.5, 0.6) is 0 Å². The molecular formula is C15H23N5O. The molecule has 114 valence electrons. The average molecular weight is 289 g/mol. The third-order valence-electron chi connectivity index (χ3n) is 3.82. The van der Waals surface area contributed by atoms with Crippen molar-refractivity contribution in [3.05, 3.63) is 24.2 Å². The lowest BCUT2D eigenvalue weighted by Crippen LogP contribution is -2.39. The molecule has 0 aliphatic carbocycles. The summed E-state index contributed by atoms with van der Waals surface area (Å²) in [5.74, 6) is 1.33. The number of nitrogens with one attached hydrogen (secondary N) is 1. The number of rotatable bonds is 5. The van der Waals surface area contributed by atoms with Crippen molar-refractivity contribution in [3.63, 3.8) is 0 Å². The molecule has 6 heteroatoms. The molecule has 0 radical (unpaired) electrons. The van der Waals surface area contributed by atoms with Crippen LogP contribution in [0, 0.1) is 0 Å². The van der Waals surface area contributed by atoms with Gasteiger partial charge in [0.25, 0.3) is 0 Å². The Morgan fingerprint density at radius 3 is 2.90 bits per heavy atom. The first kappa shape index (κ1) is 14.3. The van der Waals surface area contributed by atoms with Gasteiger partial charge in [0, 0.05) is 38.6 Å². The Hall–Kier alpha value is -1.66. The summed E-state index contributed by atoms with van der Waals surface area (Å²) in [5, 5.41) is 8.01. The zero-order valence-electron chi connectivity index (χ0n) is 12.7. The third kappa shape index (κ3) is 3.33. The molecule has 0 amide bonds. The van der Waals surface area contributed by atoms with Gasteiger partial charge in [-0.1, -0.05) is 13.8 Å². The minimum absolute atomic E-state index is 0.422. The highest BCUT2D eigenvalue weighted by Gasteiger charge is 2.11. The third-order valence-corrected chi connectivity index (χ3v) is 3.82. The van der Waals surface area contributed by atoms with E-state index in [1.54, 1.807) is 6.20 Å². The summed E-state index contributed by atoms with van der Waals surface area (Å²) in [5.41, 5.74) is 2.14. The maximum Gasteiger partial charge on any atom is 0.152 e. The van der Waals surface area contributed by atoms with Crippen molar-refractivity contribution in [2.45, 2.75) is 19.8 Å². The lowest BCUT2D eigenvalue weighted by Gasteiger charge is -2.26. The molecule has 0 aromatic carbocycles. The second-order valence-corrected chi connectivity index (χ2v) is 5.71. The summed E-state index contributed by atoms with van der Waals surface area (Å²) in [7, 11) is 0. The van der Waals surface area contributed by atoms with Crippen molar-refractivity contribution in [1.82, 2.24) is 19.5 Å². The summed E-state index contributed by atoms with van der Waals surface area (Å²) in [4.78, 5) is 6.86. The number of hydrogen-bond acceptors (Lipinski definition) is 5. The minimum atomic E-state index is 0.422. The first-order valence-electron chi connectivity index (χ1n) is 7.62. The van der Waals surface area contributed by atoms with Crippen LogP contribution in [0.2, 0.25) is 0 Å². The Kier molecular flexibility index (Phi) is 4.36. The predicted octanol–water partition coefficient (Wildman–Crippen LogP) is 1.60. The van der Waals surface area contributed by atoms with Crippen LogP contribution in [-0.4, -0.2) is 58.9 Å². The van der Waals surface area contributed by atoms with Gasteiger partial charge in [0.05, 0.1) is 18.9 Å². The van der Waals surface area contributed by atoms with Crippen molar-refractivity contribution in [2.24, 2.45) is 0 Å². The molecule has 0 atom stereocenters. The standard InChI is InChI=1S/C15H23N5O/c1-12(2)13-11-14-15(17-4-6-20(14)18-13)16-3-5-19-7-9-21-10-8-19/h4,6,11-12H,3,5,7-10H2,1-2H3,(H,16,17). The fourth-order valence-electron chi connectivity index (χ4n) is 2.52. The topological polar surface area (TPSA) is 54.7 Å². The van der Waals surface area contributed by atoms with Gasteiger partial charge in [-0.3, -0.25) is 4.90 Å². The molecule has 1 N–H and O–H groups in total. The van der Waals surface area contributed by atoms with E-state index in [9.17, 15) is 0 Å². The molecule has 2 aromatic rings. The highest BCUT2D eigenvalue weighted by Crippen LogP contribution is 2.19. The van der Waals surface area contributed by atoms with E-state index in [0.29, 0.717) is 5.92 Å². The molecular weight excluding hydrogens is 266 g/mol. The van der Waals surface area contributed by atoms with Gasteiger partial charge in [-0.05, 0) is 12.0 Å². The highest BCUT2D eigenvalue weighted by atomic mass is 16.5. The maximum atomic E-state index is 5.36. The fourth-order valence-corrected chi connectivity index (χ4v) is 2.52. The van der Waals surface area contributed by atoms with E-state index in [2.05, 4.69) is 40.2 Å². The van der Waals surface area contributed by atoms with Crippen molar-refractivity contribution in [1.29, 1.82) is 0 Å². The monoisotopic (exact) mass is 289 g/mol. The molecule has 0 spiro atoms. The Bertz CT molecular complexity index is 589. The quantitative estimate of drug-likeness (QED) is 0.906. The van der Waals surface area contributed by atoms with Gasteiger partial charge in [0.15, 0.2) is 5.82 Å². The molecule has 21 heavy (non-hydrogen) atoms. The van der Waals surface area contributed by atoms with E-state index in [0.717, 1.165) is 56.4 Å². The van der Waals surface area contributed by atoms with Gasteiger partial charge >= 0.3 is 0 Å². The number of fused-ring (bicyclic) bond motifs is 1. The molecule has 1 aliphatic heterocycles. The van der Waals surface area contributed by atoms with Crippen molar-refractivity contribution in [3.8, 4) is 0 Å². The second-order valence-electron chi connectivity index (χ2n) is 5.71. The van der Waals surface area contributed by atoms with Gasteiger partial charge in [-0.2, -0.15) is 5.10 Å². The summed E-state index contributed by atoms with van der Waals surface area (Å²) in [6.45, 7) is 9.92. The van der Waals surface area contributed by atoms with Crippen LogP contribution in [0.3, 0.4) is 0 Å².